The van der Waals surface area contributed by atoms with E-state index in [9.17, 15) is 9.59 Å². The van der Waals surface area contributed by atoms with E-state index in [1.54, 1.807) is 12.0 Å². The molecule has 0 aromatic heterocycles. The van der Waals surface area contributed by atoms with E-state index < -0.39 is 5.25 Å². The number of nitrogens with zero attached hydrogens (tertiary/aromatic N) is 2. The van der Waals surface area contributed by atoms with Crippen molar-refractivity contribution in [2.75, 3.05) is 19.0 Å². The summed E-state index contributed by atoms with van der Waals surface area (Å²) < 4.78 is 5.33. The van der Waals surface area contributed by atoms with E-state index in [1.165, 1.54) is 11.8 Å². The number of rotatable bonds is 6. The maximum atomic E-state index is 12.7. The van der Waals surface area contributed by atoms with Gasteiger partial charge in [0.15, 0.2) is 5.17 Å². The van der Waals surface area contributed by atoms with E-state index in [-0.39, 0.29) is 18.2 Å². The largest absolute Gasteiger partial charge is 0.494 e. The lowest BCUT2D eigenvalue weighted by molar-refractivity contribution is -0.128. The number of benzene rings is 2. The van der Waals surface area contributed by atoms with E-state index in [0.29, 0.717) is 23.1 Å². The van der Waals surface area contributed by atoms with Crippen LogP contribution in [0, 0.1) is 6.92 Å². The highest BCUT2D eigenvalue weighted by Crippen LogP contribution is 2.34. The van der Waals surface area contributed by atoms with Crippen LogP contribution in [0.3, 0.4) is 0 Å². The number of amidine groups is 1. The summed E-state index contributed by atoms with van der Waals surface area (Å²) in [7, 11) is 1.59. The molecule has 1 heterocycles. The average Bonchev–Trinajstić information content (AvgIpc) is 2.98. The number of amides is 2. The van der Waals surface area contributed by atoms with Gasteiger partial charge >= 0.3 is 0 Å². The number of aliphatic imine (C=N–C) groups is 1. The maximum Gasteiger partial charge on any atom is 0.242 e. The Bertz CT molecular complexity index is 896. The lowest BCUT2D eigenvalue weighted by Crippen LogP contribution is -2.33. The van der Waals surface area contributed by atoms with Gasteiger partial charge in [-0.05, 0) is 38.1 Å². The second-order valence-corrected chi connectivity index (χ2v) is 7.54. The van der Waals surface area contributed by atoms with Crippen LogP contribution < -0.4 is 10.1 Å². The van der Waals surface area contributed by atoms with Crippen LogP contribution in [0.25, 0.3) is 0 Å². The van der Waals surface area contributed by atoms with Crippen LogP contribution in [-0.4, -0.2) is 40.8 Å². The van der Waals surface area contributed by atoms with Gasteiger partial charge in [0.05, 0.1) is 7.11 Å². The Kier molecular flexibility index (Phi) is 6.36. The lowest BCUT2D eigenvalue weighted by atomic mass is 10.2. The van der Waals surface area contributed by atoms with Gasteiger partial charge in [-0.3, -0.25) is 14.5 Å². The molecule has 1 N–H and O–H groups in total. The average molecular weight is 398 g/mol. The van der Waals surface area contributed by atoms with Crippen LogP contribution in [0.15, 0.2) is 53.5 Å². The molecule has 2 amide bonds. The highest BCUT2D eigenvalue weighted by atomic mass is 32.2. The van der Waals surface area contributed by atoms with E-state index in [0.717, 1.165) is 11.3 Å². The van der Waals surface area contributed by atoms with Gasteiger partial charge in [0.2, 0.25) is 11.8 Å². The normalized spacial score (nSPS) is 17.8. The van der Waals surface area contributed by atoms with E-state index in [4.69, 9.17) is 4.74 Å². The number of hydrogen-bond acceptors (Lipinski definition) is 5. The number of para-hydroxylation sites is 2. The highest BCUT2D eigenvalue weighted by molar-refractivity contribution is 8.15. The number of nitrogens with one attached hydrogen (secondary N) is 1. The Balaban J connectivity index is 1.73. The molecule has 0 radical (unpaired) electrons. The molecule has 1 atom stereocenters. The quantitative estimate of drug-likeness (QED) is 0.800. The SMILES string of the molecule is CCN1C(=O)[C@H](CC(=O)Nc2ccc(C)cc2)SC1=Nc1ccccc1OC. The van der Waals surface area contributed by atoms with Crippen molar-refractivity contribution >= 4 is 40.1 Å². The zero-order valence-electron chi connectivity index (χ0n) is 16.1. The topological polar surface area (TPSA) is 71.0 Å². The molecule has 1 aliphatic rings. The predicted molar refractivity (Wildman–Crippen MR) is 113 cm³/mol. The fraction of sp³-hybridized carbons (Fsp3) is 0.286. The fourth-order valence-corrected chi connectivity index (χ4v) is 4.07. The Labute approximate surface area is 169 Å². The predicted octanol–water partition coefficient (Wildman–Crippen LogP) is 3.98. The summed E-state index contributed by atoms with van der Waals surface area (Å²) in [6.45, 7) is 4.38. The molecular formula is C21H23N3O3S. The third kappa shape index (κ3) is 4.54. The molecule has 1 aliphatic heterocycles. The second kappa shape index (κ2) is 8.93. The first-order chi connectivity index (χ1) is 13.5. The summed E-state index contributed by atoms with van der Waals surface area (Å²) in [6.07, 6.45) is 0.0961. The lowest BCUT2D eigenvalue weighted by Gasteiger charge is -2.14. The van der Waals surface area contributed by atoms with Gasteiger partial charge in [0.1, 0.15) is 16.7 Å². The molecule has 0 aliphatic carbocycles. The van der Waals surface area contributed by atoms with Crippen LogP contribution in [0.2, 0.25) is 0 Å². The van der Waals surface area contributed by atoms with Crippen LogP contribution in [-0.2, 0) is 9.59 Å². The number of carbonyl (C=O) groups excluding carboxylic acids is 2. The van der Waals surface area contributed by atoms with Gasteiger partial charge in [-0.2, -0.15) is 0 Å². The van der Waals surface area contributed by atoms with Gasteiger partial charge in [-0.1, -0.05) is 41.6 Å². The van der Waals surface area contributed by atoms with Crippen molar-refractivity contribution in [3.8, 4) is 5.75 Å². The first-order valence-corrected chi connectivity index (χ1v) is 9.96. The molecule has 28 heavy (non-hydrogen) atoms. The Morgan fingerprint density at radius 3 is 2.61 bits per heavy atom. The van der Waals surface area contributed by atoms with Gasteiger partial charge < -0.3 is 10.1 Å². The summed E-state index contributed by atoms with van der Waals surface area (Å²) in [5.41, 5.74) is 2.50. The monoisotopic (exact) mass is 397 g/mol. The first kappa shape index (κ1) is 19.9. The van der Waals surface area contributed by atoms with Gasteiger partial charge in [0.25, 0.3) is 0 Å². The molecular weight excluding hydrogens is 374 g/mol. The number of hydrogen-bond donors (Lipinski definition) is 1. The summed E-state index contributed by atoms with van der Waals surface area (Å²) in [6, 6.07) is 15.0. The van der Waals surface area contributed by atoms with E-state index in [1.807, 2.05) is 62.4 Å². The molecule has 1 saturated heterocycles. The molecule has 0 spiro atoms. The number of thioether (sulfide) groups is 1. The Morgan fingerprint density at radius 1 is 1.21 bits per heavy atom. The Hall–Kier alpha value is -2.80. The summed E-state index contributed by atoms with van der Waals surface area (Å²) in [5, 5.41) is 2.95. The van der Waals surface area contributed by atoms with Gasteiger partial charge in [-0.15, -0.1) is 0 Å². The minimum absolute atomic E-state index is 0.0961. The summed E-state index contributed by atoms with van der Waals surface area (Å²) in [5.74, 6) is 0.351. The minimum atomic E-state index is -0.487. The number of aryl methyl sites for hydroxylation is 1. The Morgan fingerprint density at radius 2 is 1.93 bits per heavy atom. The number of methoxy groups -OCH3 is 1. The van der Waals surface area contributed by atoms with E-state index in [2.05, 4.69) is 10.3 Å². The van der Waals surface area contributed by atoms with Crippen molar-refractivity contribution < 1.29 is 14.3 Å². The third-order valence-corrected chi connectivity index (χ3v) is 5.52. The summed E-state index contributed by atoms with van der Waals surface area (Å²) >= 11 is 1.32. The second-order valence-electron chi connectivity index (χ2n) is 6.37. The third-order valence-electron chi connectivity index (χ3n) is 4.34. The van der Waals surface area contributed by atoms with Crippen molar-refractivity contribution in [2.24, 2.45) is 4.99 Å². The summed E-state index contributed by atoms with van der Waals surface area (Å²) in [4.78, 5) is 31.4. The molecule has 0 bridgehead atoms. The van der Waals surface area contributed by atoms with Crippen molar-refractivity contribution in [1.29, 1.82) is 0 Å². The molecule has 2 aromatic rings. The first-order valence-electron chi connectivity index (χ1n) is 9.08. The van der Waals surface area contributed by atoms with Crippen molar-refractivity contribution in [3.63, 3.8) is 0 Å². The zero-order valence-corrected chi connectivity index (χ0v) is 17.0. The van der Waals surface area contributed by atoms with Crippen molar-refractivity contribution in [2.45, 2.75) is 25.5 Å². The fourth-order valence-electron chi connectivity index (χ4n) is 2.86. The van der Waals surface area contributed by atoms with Crippen LogP contribution >= 0.6 is 11.8 Å². The van der Waals surface area contributed by atoms with Gasteiger partial charge in [0, 0.05) is 18.7 Å². The zero-order chi connectivity index (χ0) is 20.1. The standard InChI is InChI=1S/C21H23N3O3S/c1-4-24-20(26)18(13-19(25)22-15-11-9-14(2)10-12-15)28-21(24)23-16-7-5-6-8-17(16)27-3/h5-12,18H,4,13H2,1-3H3,(H,22,25)/t18-/m0/s1. The van der Waals surface area contributed by atoms with Crippen LogP contribution in [0.4, 0.5) is 11.4 Å². The molecule has 3 rings (SSSR count). The van der Waals surface area contributed by atoms with Gasteiger partial charge in [-0.25, -0.2) is 4.99 Å². The van der Waals surface area contributed by atoms with Crippen LogP contribution in [0.1, 0.15) is 18.9 Å². The van der Waals surface area contributed by atoms with E-state index >= 15 is 0 Å². The van der Waals surface area contributed by atoms with Crippen LogP contribution in [0.5, 0.6) is 5.75 Å². The highest BCUT2D eigenvalue weighted by Gasteiger charge is 2.38. The number of anilines is 1. The molecule has 2 aromatic carbocycles. The number of carbonyl (C=O) groups is 2. The number of ether oxygens (including phenoxy) is 1. The minimum Gasteiger partial charge on any atom is -0.494 e. The van der Waals surface area contributed by atoms with Crippen molar-refractivity contribution in [3.05, 3.63) is 54.1 Å². The molecule has 0 unspecified atom stereocenters. The van der Waals surface area contributed by atoms with Crippen molar-refractivity contribution in [1.82, 2.24) is 4.90 Å². The molecule has 146 valence electrons. The molecule has 7 heteroatoms. The molecule has 1 fully saturated rings. The molecule has 6 nitrogen and oxygen atoms in total. The molecule has 0 saturated carbocycles. The smallest absolute Gasteiger partial charge is 0.242 e. The maximum absolute atomic E-state index is 12.7.